The van der Waals surface area contributed by atoms with E-state index in [1.54, 1.807) is 11.4 Å². The maximum Gasteiger partial charge on any atom is 0.287 e. The Morgan fingerprint density at radius 3 is 2.93 bits per heavy atom. The van der Waals surface area contributed by atoms with Crippen LogP contribution < -0.4 is 0 Å². The third-order valence-corrected chi connectivity index (χ3v) is 3.40. The van der Waals surface area contributed by atoms with Crippen molar-refractivity contribution in [2.24, 2.45) is 0 Å². The number of fused-ring (bicyclic) bond motifs is 1. The molecule has 1 N–H and O–H groups in total. The minimum absolute atomic E-state index is 0.0780. The molecule has 0 spiro atoms. The van der Waals surface area contributed by atoms with Crippen molar-refractivity contribution in [2.75, 3.05) is 0 Å². The number of thiol groups is 1. The molecule has 6 heteroatoms. The molecule has 0 aliphatic rings. The molecule has 0 atom stereocenters. The van der Waals surface area contributed by atoms with Crippen LogP contribution in [0.3, 0.4) is 0 Å². The van der Waals surface area contributed by atoms with E-state index >= 15 is 0 Å². The van der Waals surface area contributed by atoms with Gasteiger partial charge in [-0.1, -0.05) is 0 Å². The first-order valence-electron chi connectivity index (χ1n) is 3.68. The van der Waals surface area contributed by atoms with E-state index in [4.69, 9.17) is 0 Å². The number of aromatic hydroxyl groups is 1. The third kappa shape index (κ3) is 1.23. The average Bonchev–Trinajstić information content (AvgIpc) is 2.59. The molecule has 1 aromatic carbocycles. The van der Waals surface area contributed by atoms with E-state index in [-0.39, 0.29) is 11.4 Å². The van der Waals surface area contributed by atoms with Crippen LogP contribution in [0.4, 0.5) is 5.69 Å². The molecule has 0 aliphatic heterocycles. The second-order valence-electron chi connectivity index (χ2n) is 2.68. The second kappa shape index (κ2) is 3.14. The van der Waals surface area contributed by atoms with E-state index in [0.717, 1.165) is 6.07 Å². The lowest BCUT2D eigenvalue weighted by molar-refractivity contribution is -0.387. The smallest absolute Gasteiger partial charge is 0.287 e. The first-order valence-corrected chi connectivity index (χ1v) is 5.00. The number of hydrogen-bond donors (Lipinski definition) is 2. The minimum Gasteiger partial charge on any atom is -0.507 e. The highest BCUT2D eigenvalue weighted by Crippen LogP contribution is 2.39. The van der Waals surface area contributed by atoms with E-state index in [9.17, 15) is 15.2 Å². The van der Waals surface area contributed by atoms with Crippen LogP contribution in [0.15, 0.2) is 22.4 Å². The Labute approximate surface area is 88.4 Å². The number of phenols is 1. The Balaban J connectivity index is 2.88. The van der Waals surface area contributed by atoms with Crippen LogP contribution in [0, 0.1) is 10.1 Å². The molecule has 0 fully saturated rings. The van der Waals surface area contributed by atoms with E-state index in [1.807, 2.05) is 0 Å². The highest BCUT2D eigenvalue weighted by atomic mass is 32.1. The maximum absolute atomic E-state index is 10.6. The molecule has 72 valence electrons. The van der Waals surface area contributed by atoms with Crippen molar-refractivity contribution >= 4 is 39.7 Å². The maximum atomic E-state index is 10.6. The van der Waals surface area contributed by atoms with Crippen LogP contribution in [0.25, 0.3) is 10.1 Å². The van der Waals surface area contributed by atoms with Gasteiger partial charge in [0.2, 0.25) is 0 Å². The van der Waals surface area contributed by atoms with E-state index < -0.39 is 4.92 Å². The summed E-state index contributed by atoms with van der Waals surface area (Å²) < 4.78 is 0.639. The summed E-state index contributed by atoms with van der Waals surface area (Å²) in [5.41, 5.74) is -0.166. The van der Waals surface area contributed by atoms with Gasteiger partial charge in [-0.2, -0.15) is 0 Å². The minimum atomic E-state index is -0.554. The molecule has 0 radical (unpaired) electrons. The van der Waals surface area contributed by atoms with Crippen molar-refractivity contribution in [1.29, 1.82) is 0 Å². The topological polar surface area (TPSA) is 63.4 Å². The molecule has 0 unspecified atom stereocenters. The van der Waals surface area contributed by atoms with E-state index in [2.05, 4.69) is 12.6 Å². The molecule has 1 heterocycles. The normalized spacial score (nSPS) is 10.6. The molecular weight excluding hydrogens is 222 g/mol. The summed E-state index contributed by atoms with van der Waals surface area (Å²) in [5, 5.41) is 22.4. The second-order valence-corrected chi connectivity index (χ2v) is 4.05. The fourth-order valence-corrected chi connectivity index (χ4v) is 2.51. The predicted octanol–water partition coefficient (Wildman–Crippen LogP) is 2.80. The highest BCUT2D eigenvalue weighted by molar-refractivity contribution is 7.81. The average molecular weight is 227 g/mol. The largest absolute Gasteiger partial charge is 0.507 e. The zero-order chi connectivity index (χ0) is 10.3. The summed E-state index contributed by atoms with van der Waals surface area (Å²) in [7, 11) is 0. The van der Waals surface area contributed by atoms with E-state index in [0.29, 0.717) is 15.0 Å². The van der Waals surface area contributed by atoms with Gasteiger partial charge in [0.1, 0.15) is 10.6 Å². The summed E-state index contributed by atoms with van der Waals surface area (Å²) in [6.07, 6.45) is 0. The first-order chi connectivity index (χ1) is 6.61. The quantitative estimate of drug-likeness (QED) is 0.447. The van der Waals surface area contributed by atoms with Gasteiger partial charge in [-0.05, 0) is 11.4 Å². The Morgan fingerprint density at radius 1 is 1.57 bits per heavy atom. The lowest BCUT2D eigenvalue weighted by Gasteiger charge is -1.99. The van der Waals surface area contributed by atoms with Crippen LogP contribution in [-0.4, -0.2) is 10.0 Å². The van der Waals surface area contributed by atoms with Gasteiger partial charge in [0.25, 0.3) is 5.69 Å². The lowest BCUT2D eigenvalue weighted by atomic mass is 10.2. The molecule has 1 aromatic heterocycles. The number of benzene rings is 1. The molecule has 0 amide bonds. The summed E-state index contributed by atoms with van der Waals surface area (Å²) in [6, 6.07) is 2.83. The van der Waals surface area contributed by atoms with Gasteiger partial charge in [0, 0.05) is 5.39 Å². The molecule has 0 aliphatic carbocycles. The van der Waals surface area contributed by atoms with Gasteiger partial charge in [0.05, 0.1) is 15.7 Å². The van der Waals surface area contributed by atoms with Crippen molar-refractivity contribution in [2.45, 2.75) is 4.90 Å². The number of nitrogens with zero attached hydrogens (tertiary/aromatic N) is 1. The number of nitro groups is 1. The van der Waals surface area contributed by atoms with Gasteiger partial charge >= 0.3 is 0 Å². The lowest BCUT2D eigenvalue weighted by Crippen LogP contribution is -1.89. The van der Waals surface area contributed by atoms with Crippen molar-refractivity contribution in [3.8, 4) is 5.75 Å². The zero-order valence-corrected chi connectivity index (χ0v) is 8.51. The standard InChI is InChI=1S/C8H5NO3S2/c10-6-3-5(9(11)12)7(13)8-4(6)1-2-14-8/h1-3,10,13H. The van der Waals surface area contributed by atoms with Crippen LogP contribution >= 0.6 is 24.0 Å². The SMILES string of the molecule is O=[N+]([O-])c1cc(O)c2ccsc2c1S. The molecule has 0 bridgehead atoms. The molecular formula is C8H5NO3S2. The Morgan fingerprint density at radius 2 is 2.29 bits per heavy atom. The molecule has 0 saturated heterocycles. The Kier molecular flexibility index (Phi) is 2.09. The summed E-state index contributed by atoms with van der Waals surface area (Å²) in [4.78, 5) is 10.3. The van der Waals surface area contributed by atoms with Crippen LogP contribution in [0.5, 0.6) is 5.75 Å². The Bertz CT molecular complexity index is 521. The van der Waals surface area contributed by atoms with Crippen molar-refractivity contribution in [3.05, 3.63) is 27.6 Å². The van der Waals surface area contributed by atoms with Crippen molar-refractivity contribution in [1.82, 2.24) is 0 Å². The van der Waals surface area contributed by atoms with Gasteiger partial charge in [-0.3, -0.25) is 10.1 Å². The van der Waals surface area contributed by atoms with Crippen molar-refractivity contribution < 1.29 is 10.0 Å². The molecule has 14 heavy (non-hydrogen) atoms. The van der Waals surface area contributed by atoms with Crippen LogP contribution in [0.2, 0.25) is 0 Å². The number of thiophene rings is 1. The predicted molar refractivity (Wildman–Crippen MR) is 57.4 cm³/mol. The molecule has 2 aromatic rings. The number of nitro benzene ring substituents is 1. The fourth-order valence-electron chi connectivity index (χ4n) is 1.23. The fraction of sp³-hybridized carbons (Fsp3) is 0. The van der Waals surface area contributed by atoms with Gasteiger partial charge in [-0.15, -0.1) is 24.0 Å². The first kappa shape index (κ1) is 9.29. The summed E-state index contributed by atoms with van der Waals surface area (Å²) in [6.45, 7) is 0. The van der Waals surface area contributed by atoms with Crippen LogP contribution in [0.1, 0.15) is 0 Å². The number of phenolic OH excluding ortho intramolecular Hbond substituents is 1. The van der Waals surface area contributed by atoms with Gasteiger partial charge in [0.15, 0.2) is 0 Å². The van der Waals surface area contributed by atoms with Crippen molar-refractivity contribution in [3.63, 3.8) is 0 Å². The zero-order valence-electron chi connectivity index (χ0n) is 6.80. The number of hydrogen-bond acceptors (Lipinski definition) is 5. The van der Waals surface area contributed by atoms with Gasteiger partial charge in [-0.25, -0.2) is 0 Å². The number of rotatable bonds is 1. The van der Waals surface area contributed by atoms with E-state index in [1.165, 1.54) is 11.3 Å². The van der Waals surface area contributed by atoms with Gasteiger partial charge < -0.3 is 5.11 Å². The summed E-state index contributed by atoms with van der Waals surface area (Å²) >= 11 is 5.39. The summed E-state index contributed by atoms with van der Waals surface area (Å²) in [5.74, 6) is -0.0780. The third-order valence-electron chi connectivity index (χ3n) is 1.87. The highest BCUT2D eigenvalue weighted by Gasteiger charge is 2.18. The monoisotopic (exact) mass is 227 g/mol. The molecule has 2 rings (SSSR count). The Hall–Kier alpha value is -1.27. The van der Waals surface area contributed by atoms with Crippen LogP contribution in [-0.2, 0) is 0 Å². The molecule has 0 saturated carbocycles. The molecule has 4 nitrogen and oxygen atoms in total.